The van der Waals surface area contributed by atoms with Crippen LogP contribution in [-0.4, -0.2) is 41.5 Å². The van der Waals surface area contributed by atoms with E-state index < -0.39 is 30.6 Å². The lowest BCUT2D eigenvalue weighted by molar-refractivity contribution is -0.166. The van der Waals surface area contributed by atoms with Crippen LogP contribution in [0.2, 0.25) is 0 Å². The Morgan fingerprint density at radius 2 is 1.61 bits per heavy atom. The summed E-state index contributed by atoms with van der Waals surface area (Å²) in [5.74, 6) is 0.435. The molecule has 0 unspecified atom stereocenters. The summed E-state index contributed by atoms with van der Waals surface area (Å²) in [5.41, 5.74) is 0. The van der Waals surface area contributed by atoms with Crippen molar-refractivity contribution in [2.24, 2.45) is 5.92 Å². The molecule has 1 heterocycles. The van der Waals surface area contributed by atoms with Gasteiger partial charge in [0.15, 0.2) is 6.29 Å². The maximum absolute atomic E-state index is 12.7. The Morgan fingerprint density at radius 3 is 2.09 bits per heavy atom. The molecule has 132 valence electrons. The van der Waals surface area contributed by atoms with E-state index in [1.165, 1.54) is 6.42 Å². The Labute approximate surface area is 133 Å². The second-order valence-corrected chi connectivity index (χ2v) is 6.27. The topological polar surface area (TPSA) is 73.5 Å². The lowest BCUT2D eigenvalue weighted by Gasteiger charge is -2.38. The molecule has 2 rings (SSSR count). The van der Waals surface area contributed by atoms with E-state index >= 15 is 0 Å². The predicted octanol–water partition coefficient (Wildman–Crippen LogP) is 2.51. The molecule has 0 radical (unpaired) electrons. The molecule has 6 nitrogen and oxygen atoms in total. The van der Waals surface area contributed by atoms with Gasteiger partial charge in [0.2, 0.25) is 0 Å². The van der Waals surface area contributed by atoms with Gasteiger partial charge in [0.1, 0.15) is 6.04 Å². The van der Waals surface area contributed by atoms with Crippen LogP contribution in [-0.2, 0) is 0 Å². The first-order valence-electron chi connectivity index (χ1n) is 7.93. The number of amides is 4. The SMILES string of the molecule is C[C@H](NC1NC(=O)N([C@@H](C)C(F)(F)F)C(=O)N1)C1CCCCC1. The van der Waals surface area contributed by atoms with Gasteiger partial charge in [-0.15, -0.1) is 0 Å². The highest BCUT2D eigenvalue weighted by Gasteiger charge is 2.47. The van der Waals surface area contributed by atoms with Gasteiger partial charge in [-0.25, -0.2) is 14.5 Å². The summed E-state index contributed by atoms with van der Waals surface area (Å²) in [5, 5.41) is 7.80. The van der Waals surface area contributed by atoms with Crippen molar-refractivity contribution in [1.29, 1.82) is 0 Å². The van der Waals surface area contributed by atoms with Crippen LogP contribution in [0.4, 0.5) is 22.8 Å². The van der Waals surface area contributed by atoms with Crippen molar-refractivity contribution in [1.82, 2.24) is 20.9 Å². The third-order valence-corrected chi connectivity index (χ3v) is 4.62. The lowest BCUT2D eigenvalue weighted by atomic mass is 9.84. The molecule has 2 aliphatic rings. The van der Waals surface area contributed by atoms with E-state index in [1.54, 1.807) is 0 Å². The molecular weight excluding hydrogens is 313 g/mol. The fourth-order valence-electron chi connectivity index (χ4n) is 3.13. The van der Waals surface area contributed by atoms with Crippen LogP contribution >= 0.6 is 0 Å². The maximum atomic E-state index is 12.7. The van der Waals surface area contributed by atoms with Gasteiger partial charge in [-0.3, -0.25) is 5.32 Å². The quantitative estimate of drug-likeness (QED) is 0.738. The molecule has 1 saturated heterocycles. The molecule has 4 amide bonds. The fourth-order valence-corrected chi connectivity index (χ4v) is 3.13. The Balaban J connectivity index is 1.93. The van der Waals surface area contributed by atoms with Gasteiger partial charge in [-0.1, -0.05) is 19.3 Å². The number of halogens is 3. The molecule has 3 N–H and O–H groups in total. The van der Waals surface area contributed by atoms with Crippen LogP contribution in [0.15, 0.2) is 0 Å². The van der Waals surface area contributed by atoms with Gasteiger partial charge in [0.25, 0.3) is 0 Å². The second kappa shape index (κ2) is 6.94. The number of carbonyl (C=O) groups is 2. The Hall–Kier alpha value is -1.51. The average Bonchev–Trinajstić information content (AvgIpc) is 2.46. The minimum Gasteiger partial charge on any atom is -0.305 e. The van der Waals surface area contributed by atoms with Gasteiger partial charge in [0.05, 0.1) is 0 Å². The molecule has 1 aliphatic carbocycles. The van der Waals surface area contributed by atoms with E-state index in [-0.39, 0.29) is 10.9 Å². The monoisotopic (exact) mass is 336 g/mol. The van der Waals surface area contributed by atoms with E-state index in [4.69, 9.17) is 0 Å². The van der Waals surface area contributed by atoms with Crippen molar-refractivity contribution >= 4 is 12.1 Å². The molecule has 0 aromatic carbocycles. The standard InChI is InChI=1S/C14H23F3N4O2/c1-8(10-6-4-3-5-7-10)18-11-19-12(22)21(13(23)20-11)9(2)14(15,16)17/h8-11,18H,3-7H2,1-2H3,(H,19,22)(H,20,23)/t8-,9-/m0/s1. The number of hydrogen-bond acceptors (Lipinski definition) is 3. The van der Waals surface area contributed by atoms with E-state index in [9.17, 15) is 22.8 Å². The van der Waals surface area contributed by atoms with Crippen molar-refractivity contribution in [3.05, 3.63) is 0 Å². The normalized spacial score (nSPS) is 24.1. The van der Waals surface area contributed by atoms with E-state index in [2.05, 4.69) is 16.0 Å². The van der Waals surface area contributed by atoms with Crippen LogP contribution in [0.5, 0.6) is 0 Å². The molecule has 2 atom stereocenters. The molecular formula is C14H23F3N4O2. The Morgan fingerprint density at radius 1 is 1.09 bits per heavy atom. The van der Waals surface area contributed by atoms with Gasteiger partial charge in [-0.2, -0.15) is 13.2 Å². The molecule has 0 spiro atoms. The first kappa shape index (κ1) is 17.8. The molecule has 0 bridgehead atoms. The molecule has 0 aromatic rings. The van der Waals surface area contributed by atoms with Crippen LogP contribution in [0.1, 0.15) is 46.0 Å². The second-order valence-electron chi connectivity index (χ2n) is 6.27. The summed E-state index contributed by atoms with van der Waals surface area (Å²) in [6.07, 6.45) is 0.131. The zero-order chi connectivity index (χ0) is 17.2. The summed E-state index contributed by atoms with van der Waals surface area (Å²) in [6, 6.07) is -4.23. The molecule has 23 heavy (non-hydrogen) atoms. The molecule has 1 aliphatic heterocycles. The largest absolute Gasteiger partial charge is 0.409 e. The van der Waals surface area contributed by atoms with E-state index in [1.807, 2.05) is 6.92 Å². The summed E-state index contributed by atoms with van der Waals surface area (Å²) < 4.78 is 38.1. The summed E-state index contributed by atoms with van der Waals surface area (Å²) >= 11 is 0. The highest BCUT2D eigenvalue weighted by atomic mass is 19.4. The zero-order valence-corrected chi connectivity index (χ0v) is 13.2. The summed E-state index contributed by atoms with van der Waals surface area (Å²) in [7, 11) is 0. The van der Waals surface area contributed by atoms with E-state index in [0.29, 0.717) is 5.92 Å². The number of carbonyl (C=O) groups excluding carboxylic acids is 2. The number of alkyl halides is 3. The lowest BCUT2D eigenvalue weighted by Crippen LogP contribution is -2.71. The molecule has 1 saturated carbocycles. The first-order chi connectivity index (χ1) is 10.7. The molecule has 0 aromatic heterocycles. The van der Waals surface area contributed by atoms with Crippen molar-refractivity contribution in [3.63, 3.8) is 0 Å². The number of nitrogens with one attached hydrogen (secondary N) is 3. The predicted molar refractivity (Wildman–Crippen MR) is 77.4 cm³/mol. The molecule has 9 heteroatoms. The number of rotatable bonds is 4. The van der Waals surface area contributed by atoms with Crippen molar-refractivity contribution in [2.75, 3.05) is 0 Å². The van der Waals surface area contributed by atoms with Gasteiger partial charge in [0, 0.05) is 6.04 Å². The zero-order valence-electron chi connectivity index (χ0n) is 13.2. The highest BCUT2D eigenvalue weighted by Crippen LogP contribution is 2.27. The summed E-state index contributed by atoms with van der Waals surface area (Å²) in [6.45, 7) is 2.73. The fraction of sp³-hybridized carbons (Fsp3) is 0.857. The minimum absolute atomic E-state index is 0.0486. The van der Waals surface area contributed by atoms with Gasteiger partial charge in [-0.05, 0) is 32.6 Å². The number of urea groups is 2. The Bertz CT molecular complexity index is 434. The third-order valence-electron chi connectivity index (χ3n) is 4.62. The van der Waals surface area contributed by atoms with Crippen LogP contribution in [0.25, 0.3) is 0 Å². The average molecular weight is 336 g/mol. The first-order valence-corrected chi connectivity index (χ1v) is 7.93. The van der Waals surface area contributed by atoms with Crippen LogP contribution in [0, 0.1) is 5.92 Å². The van der Waals surface area contributed by atoms with Crippen molar-refractivity contribution < 1.29 is 22.8 Å². The smallest absolute Gasteiger partial charge is 0.305 e. The van der Waals surface area contributed by atoms with Gasteiger partial charge >= 0.3 is 18.2 Å². The van der Waals surface area contributed by atoms with E-state index in [0.717, 1.165) is 32.6 Å². The minimum atomic E-state index is -4.66. The Kier molecular flexibility index (Phi) is 5.38. The van der Waals surface area contributed by atoms with Crippen molar-refractivity contribution in [3.8, 4) is 0 Å². The van der Waals surface area contributed by atoms with Crippen LogP contribution in [0.3, 0.4) is 0 Å². The van der Waals surface area contributed by atoms with Gasteiger partial charge < -0.3 is 10.6 Å². The number of hydrogen-bond donors (Lipinski definition) is 3. The third kappa shape index (κ3) is 4.27. The van der Waals surface area contributed by atoms with Crippen LogP contribution < -0.4 is 16.0 Å². The highest BCUT2D eigenvalue weighted by molar-refractivity contribution is 5.96. The number of nitrogens with zero attached hydrogens (tertiary/aromatic N) is 1. The van der Waals surface area contributed by atoms with Crippen molar-refractivity contribution in [2.45, 2.75) is 70.5 Å². The number of imide groups is 1. The summed E-state index contributed by atoms with van der Waals surface area (Å²) in [4.78, 5) is 23.9. The maximum Gasteiger partial charge on any atom is 0.409 e. The molecule has 2 fully saturated rings.